The van der Waals surface area contributed by atoms with Crippen molar-refractivity contribution in [1.82, 2.24) is 20.3 Å². The lowest BCUT2D eigenvalue weighted by atomic mass is 10.1. The zero-order valence-corrected chi connectivity index (χ0v) is 23.6. The van der Waals surface area contributed by atoms with E-state index in [1.165, 1.54) is 18.4 Å². The molecule has 0 aliphatic carbocycles. The fourth-order valence-electron chi connectivity index (χ4n) is 4.10. The Kier molecular flexibility index (Phi) is 7.97. The Morgan fingerprint density at radius 1 is 1.00 bits per heavy atom. The van der Waals surface area contributed by atoms with Gasteiger partial charge in [-0.1, -0.05) is 48.7 Å². The van der Waals surface area contributed by atoms with Gasteiger partial charge in [0.1, 0.15) is 16.8 Å². The molecule has 1 amide bonds. The van der Waals surface area contributed by atoms with Crippen LogP contribution in [0.25, 0.3) is 28.0 Å². The van der Waals surface area contributed by atoms with Crippen LogP contribution >= 0.6 is 35.4 Å². The minimum Gasteiger partial charge on any atom is -0.451 e. The molecule has 5 rings (SSSR count). The van der Waals surface area contributed by atoms with E-state index in [2.05, 4.69) is 39.9 Å². The third kappa shape index (κ3) is 6.14. The molecule has 0 radical (unpaired) electrons. The van der Waals surface area contributed by atoms with Crippen LogP contribution in [-0.2, 0) is 6.42 Å². The molecule has 10 heteroatoms. The normalized spacial score (nSPS) is 11.1. The van der Waals surface area contributed by atoms with Crippen molar-refractivity contribution in [2.75, 3.05) is 5.32 Å². The molecule has 2 heterocycles. The van der Waals surface area contributed by atoms with Gasteiger partial charge in [0, 0.05) is 16.3 Å². The highest BCUT2D eigenvalue weighted by molar-refractivity contribution is 7.80. The fourth-order valence-corrected chi connectivity index (χ4v) is 4.69. The van der Waals surface area contributed by atoms with Gasteiger partial charge < -0.3 is 9.73 Å². The van der Waals surface area contributed by atoms with E-state index in [4.69, 9.17) is 39.8 Å². The molecular weight excluding hydrogens is 553 g/mol. The highest BCUT2D eigenvalue weighted by atomic mass is 35.5. The number of unbranched alkanes of at least 4 members (excludes halogenated alkanes) is 1. The van der Waals surface area contributed by atoms with Gasteiger partial charge >= 0.3 is 0 Å². The van der Waals surface area contributed by atoms with Crippen molar-refractivity contribution in [2.24, 2.45) is 0 Å². The second-order valence-electron chi connectivity index (χ2n) is 9.11. The van der Waals surface area contributed by atoms with Gasteiger partial charge in [-0.25, -0.2) is 0 Å². The van der Waals surface area contributed by atoms with Crippen LogP contribution in [0, 0.1) is 6.92 Å². The first kappa shape index (κ1) is 26.9. The quantitative estimate of drug-likeness (QED) is 0.192. The van der Waals surface area contributed by atoms with E-state index >= 15 is 0 Å². The SMILES string of the molecule is CCCCc1ccc(-n2nc3cc(C)c(NC(=S)NC(=O)c4ccc(-c5cc(Cl)ccc5Cl)o4)cc3n2)cc1. The third-order valence-electron chi connectivity index (χ3n) is 6.21. The third-order valence-corrected chi connectivity index (χ3v) is 6.98. The lowest BCUT2D eigenvalue weighted by Gasteiger charge is -2.11. The van der Waals surface area contributed by atoms with Crippen LogP contribution in [0.1, 0.15) is 41.4 Å². The van der Waals surface area contributed by atoms with E-state index in [0.717, 1.165) is 23.2 Å². The second kappa shape index (κ2) is 11.6. The molecule has 2 N–H and O–H groups in total. The van der Waals surface area contributed by atoms with Crippen LogP contribution in [0.2, 0.25) is 10.0 Å². The number of anilines is 1. The zero-order chi connectivity index (χ0) is 27.5. The molecule has 0 bridgehead atoms. The largest absolute Gasteiger partial charge is 0.451 e. The summed E-state index contributed by atoms with van der Waals surface area (Å²) in [7, 11) is 0. The number of halogens is 2. The number of nitrogens with zero attached hydrogens (tertiary/aromatic N) is 3. The summed E-state index contributed by atoms with van der Waals surface area (Å²) >= 11 is 17.7. The number of amides is 1. The Hall–Kier alpha value is -3.72. The average molecular weight is 579 g/mol. The molecule has 0 unspecified atom stereocenters. The van der Waals surface area contributed by atoms with Gasteiger partial charge in [0.15, 0.2) is 10.9 Å². The molecule has 0 fully saturated rings. The highest BCUT2D eigenvalue weighted by Gasteiger charge is 2.16. The number of carbonyl (C=O) groups excluding carboxylic acids is 1. The maximum absolute atomic E-state index is 12.8. The molecule has 0 aliphatic rings. The second-order valence-corrected chi connectivity index (χ2v) is 10.4. The summed E-state index contributed by atoms with van der Waals surface area (Å²) in [4.78, 5) is 14.4. The summed E-state index contributed by atoms with van der Waals surface area (Å²) in [6.07, 6.45) is 3.40. The van der Waals surface area contributed by atoms with Crippen LogP contribution in [0.5, 0.6) is 0 Å². The van der Waals surface area contributed by atoms with Gasteiger partial charge in [0.05, 0.1) is 10.7 Å². The molecule has 0 atom stereocenters. The molecule has 3 aromatic carbocycles. The lowest BCUT2D eigenvalue weighted by molar-refractivity contribution is 0.0951. The van der Waals surface area contributed by atoms with Gasteiger partial charge in [-0.05, 0) is 97.7 Å². The maximum Gasteiger partial charge on any atom is 0.293 e. The molecular formula is C29H25Cl2N5O2S. The Balaban J connectivity index is 1.27. The molecule has 0 spiro atoms. The predicted molar refractivity (Wildman–Crippen MR) is 160 cm³/mol. The molecule has 2 aromatic heterocycles. The minimum atomic E-state index is -0.496. The smallest absolute Gasteiger partial charge is 0.293 e. The van der Waals surface area contributed by atoms with Crippen molar-refractivity contribution in [1.29, 1.82) is 0 Å². The van der Waals surface area contributed by atoms with Crippen molar-refractivity contribution in [2.45, 2.75) is 33.1 Å². The Labute approximate surface area is 241 Å². The van der Waals surface area contributed by atoms with Gasteiger partial charge in [-0.3, -0.25) is 10.1 Å². The molecule has 5 aromatic rings. The lowest BCUT2D eigenvalue weighted by Crippen LogP contribution is -2.34. The van der Waals surface area contributed by atoms with Crippen molar-refractivity contribution in [3.05, 3.63) is 93.7 Å². The fraction of sp³-hybridized carbons (Fsp3) is 0.172. The minimum absolute atomic E-state index is 0.0843. The summed E-state index contributed by atoms with van der Waals surface area (Å²) in [5, 5.41) is 16.1. The molecule has 39 heavy (non-hydrogen) atoms. The molecule has 0 aliphatic heterocycles. The van der Waals surface area contributed by atoms with Crippen molar-refractivity contribution < 1.29 is 9.21 Å². The van der Waals surface area contributed by atoms with E-state index in [1.807, 2.05) is 31.2 Å². The first-order valence-electron chi connectivity index (χ1n) is 12.5. The molecule has 7 nitrogen and oxygen atoms in total. The average Bonchev–Trinajstić information content (AvgIpc) is 3.57. The van der Waals surface area contributed by atoms with Crippen molar-refractivity contribution >= 4 is 63.2 Å². The Morgan fingerprint density at radius 3 is 2.49 bits per heavy atom. The van der Waals surface area contributed by atoms with E-state index in [9.17, 15) is 4.79 Å². The predicted octanol–water partition coefficient (Wildman–Crippen LogP) is 7.77. The topological polar surface area (TPSA) is 85.0 Å². The summed E-state index contributed by atoms with van der Waals surface area (Å²) in [6.45, 7) is 4.12. The van der Waals surface area contributed by atoms with Crippen LogP contribution in [-0.4, -0.2) is 26.0 Å². The Bertz CT molecular complexity index is 1680. The van der Waals surface area contributed by atoms with E-state index in [1.54, 1.807) is 35.1 Å². The summed E-state index contributed by atoms with van der Waals surface area (Å²) in [5.41, 5.74) is 5.84. The van der Waals surface area contributed by atoms with Gasteiger partial charge in [0.2, 0.25) is 0 Å². The summed E-state index contributed by atoms with van der Waals surface area (Å²) in [5.74, 6) is 0.0106. The number of thiocarbonyl (C=S) groups is 1. The highest BCUT2D eigenvalue weighted by Crippen LogP contribution is 2.32. The van der Waals surface area contributed by atoms with Crippen LogP contribution < -0.4 is 10.6 Å². The first-order chi connectivity index (χ1) is 18.8. The zero-order valence-electron chi connectivity index (χ0n) is 21.3. The maximum atomic E-state index is 12.8. The van der Waals surface area contributed by atoms with E-state index < -0.39 is 5.91 Å². The van der Waals surface area contributed by atoms with E-state index in [0.29, 0.717) is 32.6 Å². The summed E-state index contributed by atoms with van der Waals surface area (Å²) < 4.78 is 5.71. The number of rotatable bonds is 7. The Morgan fingerprint density at radius 2 is 1.74 bits per heavy atom. The van der Waals surface area contributed by atoms with Gasteiger partial charge in [-0.2, -0.15) is 4.80 Å². The van der Waals surface area contributed by atoms with Crippen LogP contribution in [0.3, 0.4) is 0 Å². The standard InChI is InChI=1S/C29H25Cl2N5O2S/c1-3-4-5-18-6-9-20(10-7-18)36-34-24-14-17(2)23(16-25(24)35-36)32-29(39)33-28(37)27-13-12-26(38-27)21-15-19(30)8-11-22(21)31/h6-16H,3-5H2,1-2H3,(H2,32,33,37,39). The van der Waals surface area contributed by atoms with Gasteiger partial charge in [-0.15, -0.1) is 10.2 Å². The number of aromatic nitrogens is 3. The molecule has 0 saturated carbocycles. The number of hydrogen-bond donors (Lipinski definition) is 2. The number of aryl methyl sites for hydroxylation is 2. The first-order valence-corrected chi connectivity index (χ1v) is 13.6. The van der Waals surface area contributed by atoms with Crippen molar-refractivity contribution in [3.63, 3.8) is 0 Å². The summed E-state index contributed by atoms with van der Waals surface area (Å²) in [6, 6.07) is 20.3. The van der Waals surface area contributed by atoms with Crippen molar-refractivity contribution in [3.8, 4) is 17.0 Å². The van der Waals surface area contributed by atoms with E-state index in [-0.39, 0.29) is 10.9 Å². The number of furan rings is 1. The monoisotopic (exact) mass is 577 g/mol. The van der Waals surface area contributed by atoms with Crippen LogP contribution in [0.4, 0.5) is 5.69 Å². The number of hydrogen-bond acceptors (Lipinski definition) is 5. The molecule has 0 saturated heterocycles. The number of fused-ring (bicyclic) bond motifs is 1. The number of benzene rings is 3. The van der Waals surface area contributed by atoms with Crippen LogP contribution in [0.15, 0.2) is 71.1 Å². The number of carbonyl (C=O) groups is 1. The molecule has 198 valence electrons. The number of nitrogens with one attached hydrogen (secondary N) is 2. The van der Waals surface area contributed by atoms with Gasteiger partial charge in [0.25, 0.3) is 5.91 Å².